The molecule has 830 valence electrons. The summed E-state index contributed by atoms with van der Waals surface area (Å²) in [6, 6.07) is -13.2. The molecule has 2 aromatic heterocycles. The van der Waals surface area contributed by atoms with Gasteiger partial charge in [-0.05, 0) is 126 Å². The van der Waals surface area contributed by atoms with Crippen LogP contribution in [0.4, 0.5) is 0 Å². The Morgan fingerprint density at radius 3 is 1.27 bits per heavy atom. The van der Waals surface area contributed by atoms with E-state index in [1.54, 1.807) is 78.1 Å². The number of phenolic OH excluding ortho intramolecular Hbond substituents is 1. The Morgan fingerprint density at radius 2 is 0.780 bits per heavy atom. The number of hydrogen-bond acceptors (Lipinski definition) is 31. The molecule has 0 fully saturated rings. The number of thiol groups is 1. The highest BCUT2D eigenvalue weighted by Crippen LogP contribution is 2.18. The topological polar surface area (TPSA) is 878 Å². The molecule has 0 aliphatic carbocycles. The van der Waals surface area contributed by atoms with Gasteiger partial charge >= 0.3 is 5.97 Å². The van der Waals surface area contributed by atoms with Gasteiger partial charge in [-0.15, -0.1) is 0 Å². The minimum atomic E-state index is -1.81. The number of hydrogen-bond donors (Lipinski definition) is 34. The van der Waals surface area contributed by atoms with Crippen molar-refractivity contribution in [1.82, 2.24) is 132 Å². The molecule has 20 atom stereocenters. The van der Waals surface area contributed by atoms with Gasteiger partial charge in [0.05, 0.1) is 51.1 Å². The monoisotopic (exact) mass is 2150 g/mol. The number of carboxylic acids is 1. The number of aromatic hydroxyl groups is 1. The van der Waals surface area contributed by atoms with Gasteiger partial charge in [0.2, 0.25) is 112 Å². The summed E-state index contributed by atoms with van der Waals surface area (Å²) in [4.78, 5) is 290. The molecule has 0 spiro atoms. The van der Waals surface area contributed by atoms with Gasteiger partial charge in [-0.3, -0.25) is 102 Å². The number of thioether (sulfide) groups is 1. The number of nitrogens with one attached hydrogen (secondary N) is 25. The van der Waals surface area contributed by atoms with Gasteiger partial charge in [-0.1, -0.05) is 90.4 Å². The van der Waals surface area contributed by atoms with E-state index in [9.17, 15) is 121 Å². The molecule has 0 aliphatic heterocycles. The second-order valence-electron chi connectivity index (χ2n) is 36.4. The number of benzene rings is 2. The van der Waals surface area contributed by atoms with Crippen LogP contribution in [-0.2, 0) is 122 Å². The van der Waals surface area contributed by atoms with E-state index in [1.807, 2.05) is 0 Å². The Labute approximate surface area is 875 Å². The number of aliphatic hydroxyl groups is 3. The molecule has 4 aromatic rings. The Balaban J connectivity index is 1.47. The summed E-state index contributed by atoms with van der Waals surface area (Å²) in [6.07, 6.45) is 4.82. The van der Waals surface area contributed by atoms with Crippen LogP contribution in [-0.4, -0.2) is 348 Å². The van der Waals surface area contributed by atoms with Crippen LogP contribution in [0.1, 0.15) is 144 Å². The number of imidazole rings is 2. The fourth-order valence-electron chi connectivity index (χ4n) is 14.3. The van der Waals surface area contributed by atoms with Crippen LogP contribution in [0.15, 0.2) is 79.6 Å². The highest BCUT2D eigenvalue weighted by molar-refractivity contribution is 7.98. The third-order valence-corrected chi connectivity index (χ3v) is 24.1. The second-order valence-corrected chi connectivity index (χ2v) is 37.8. The van der Waals surface area contributed by atoms with E-state index in [-0.39, 0.29) is 106 Å². The van der Waals surface area contributed by atoms with Crippen molar-refractivity contribution in [1.29, 1.82) is 10.8 Å². The van der Waals surface area contributed by atoms with Gasteiger partial charge in [-0.25, -0.2) is 14.8 Å². The summed E-state index contributed by atoms with van der Waals surface area (Å²) < 4.78 is 0. The number of phenols is 1. The number of carbonyl (C=O) groups is 20. The molecule has 0 unspecified atom stereocenters. The van der Waals surface area contributed by atoms with Crippen LogP contribution in [0.25, 0.3) is 0 Å². The van der Waals surface area contributed by atoms with E-state index in [2.05, 4.69) is 144 Å². The molecule has 0 aliphatic rings. The van der Waals surface area contributed by atoms with Crippen LogP contribution >= 0.6 is 24.4 Å². The zero-order valence-corrected chi connectivity index (χ0v) is 87.2. The maximum Gasteiger partial charge on any atom is 0.327 e. The van der Waals surface area contributed by atoms with E-state index in [1.165, 1.54) is 88.8 Å². The van der Waals surface area contributed by atoms with Gasteiger partial charge in [0, 0.05) is 68.3 Å². The first-order chi connectivity index (χ1) is 70.8. The second kappa shape index (κ2) is 65.8. The Hall–Kier alpha value is -14.9. The van der Waals surface area contributed by atoms with Crippen LogP contribution < -0.4 is 129 Å². The van der Waals surface area contributed by atoms with E-state index < -0.39 is 277 Å². The SMILES string of the molecule is CC[C@H](C)[C@H](NC(=O)[C@H](CC(C)C)NC(=O)[C@H](C)NC(=O)CNC(=O)CNC(=O)[C@H](CO)NC(=O)[C@H](Cc1ccccc1)NC(=O)[C@H](Cc1cnc[nH]1)NC(=O)[C@@H](N)CCCNC(=N)N)C(=O)N[C@@H](Cc1cnc[nH]1)C(=O)N[C@@H](C)C(=O)N[C@@H](CCCNC(=N)N)C(=O)N[C@@H](Cc1ccc(O)cc1)C(=O)N[C@H](C(=O)N[C@@H](CCSC)C(=O)N[C@H](C(=O)N[C@@H](C)C(=O)N[C@@H](C)C(=O)N[C@@H](CO)C(=O)N[C@@H](CS)C(=O)O)[C@@H](C)O)C(C)C. The van der Waals surface area contributed by atoms with Crippen molar-refractivity contribution in [2.24, 2.45) is 35.0 Å². The number of nitrogens with zero attached hydrogens (tertiary/aromatic N) is 2. The predicted octanol–water partition coefficient (Wildman–Crippen LogP) is -9.60. The van der Waals surface area contributed by atoms with Crippen LogP contribution in [0, 0.1) is 28.6 Å². The van der Waals surface area contributed by atoms with Gasteiger partial charge in [-0.2, -0.15) is 24.4 Å². The average molecular weight is 2150 g/mol. The van der Waals surface area contributed by atoms with Crippen molar-refractivity contribution in [2.75, 3.05) is 57.2 Å². The molecular formula is C93H146N30O25S2. The summed E-state index contributed by atoms with van der Waals surface area (Å²) >= 11 is 5.12. The quantitative estimate of drug-likeness (QED) is 0.00845. The van der Waals surface area contributed by atoms with E-state index in [0.717, 1.165) is 6.92 Å². The molecule has 4 rings (SSSR count). The first-order valence-corrected chi connectivity index (χ1v) is 50.5. The van der Waals surface area contributed by atoms with Crippen LogP contribution in [0.5, 0.6) is 5.75 Å². The number of aromatic nitrogens is 4. The smallest absolute Gasteiger partial charge is 0.327 e. The molecule has 150 heavy (non-hydrogen) atoms. The highest BCUT2D eigenvalue weighted by atomic mass is 32.2. The molecule has 0 radical (unpaired) electrons. The minimum absolute atomic E-state index is 0.0129. The predicted molar refractivity (Wildman–Crippen MR) is 548 cm³/mol. The summed E-state index contributed by atoms with van der Waals surface area (Å²) in [7, 11) is 0. The summed E-state index contributed by atoms with van der Waals surface area (Å²) in [6.45, 7) is 12.5. The average Bonchev–Trinajstić information content (AvgIpc) is 0.959. The summed E-state index contributed by atoms with van der Waals surface area (Å²) in [5.41, 5.74) is 18.7. The van der Waals surface area contributed by atoms with Gasteiger partial charge < -0.3 is 164 Å². The van der Waals surface area contributed by atoms with Crippen molar-refractivity contribution >= 4 is 155 Å². The lowest BCUT2D eigenvalue weighted by atomic mass is 9.96. The molecular weight excluding hydrogens is 2000 g/mol. The van der Waals surface area contributed by atoms with Crippen molar-refractivity contribution in [3.63, 3.8) is 0 Å². The largest absolute Gasteiger partial charge is 0.508 e. The molecule has 0 saturated heterocycles. The number of rotatable bonds is 67. The Morgan fingerprint density at radius 1 is 0.407 bits per heavy atom. The van der Waals surface area contributed by atoms with E-state index in [0.29, 0.717) is 28.9 Å². The van der Waals surface area contributed by atoms with Crippen LogP contribution in [0.2, 0.25) is 0 Å². The number of guanidine groups is 2. The molecule has 0 bridgehead atoms. The zero-order chi connectivity index (χ0) is 112. The molecule has 55 nitrogen and oxygen atoms in total. The molecule has 0 saturated carbocycles. The Kier molecular flexibility index (Phi) is 55.9. The molecule has 36 N–H and O–H groups in total. The van der Waals surface area contributed by atoms with E-state index in [4.69, 9.17) is 28.0 Å². The first kappa shape index (κ1) is 127. The van der Waals surface area contributed by atoms with Crippen molar-refractivity contribution in [3.8, 4) is 5.75 Å². The van der Waals surface area contributed by atoms with Gasteiger partial charge in [0.1, 0.15) is 108 Å². The first-order valence-electron chi connectivity index (χ1n) is 48.4. The van der Waals surface area contributed by atoms with Crippen LogP contribution in [0.3, 0.4) is 0 Å². The van der Waals surface area contributed by atoms with Gasteiger partial charge in [0.15, 0.2) is 11.9 Å². The third kappa shape index (κ3) is 45.9. The molecule has 2 aromatic carbocycles. The zero-order valence-electron chi connectivity index (χ0n) is 85.5. The van der Waals surface area contributed by atoms with E-state index >= 15 is 0 Å². The number of aromatic amines is 2. The number of amides is 19. The molecule has 57 heteroatoms. The fraction of sp³-hybridized carbons (Fsp3) is 0.570. The van der Waals surface area contributed by atoms with Crippen molar-refractivity contribution in [2.45, 2.75) is 262 Å². The number of carbonyl (C=O) groups excluding carboxylic acids is 19. The number of carboxylic acid groups (broad SMARTS) is 1. The standard InChI is InChI=1S/C93H146N30O25S2/c1-13-47(6)72(122-85(141)61(31-45(2)3)113-75(131)48(7)107-70(129)39-103-69(128)38-104-79(135)66(40-124)119-83(139)62(32-53-19-15-14-16-20-53)116-84(140)65(35-56-37-100-44-106-56)114-78(134)58(94)21-17-28-101-92(95)96)89(145)117-64(34-55-36-99-43-105-55)82(138)109-51(10)76(132)111-59(22-18-29-102-93(97)98)80(136)115-63(33-54-23-25-57(127)26-24-54)86(142)121-71(46(4)5)88(144)112-60(27-30-150-12)81(137)123-73(52(11)126)90(146)110-49(8)74(130)108-50(9)77(133)118-67(41-125)87(143)120-68(42-149)91(147)148/h14-16,19-20,23-26,36-37,43-52,58-68,71-73,124-127,149H,13,17-18,21-22,27-35,38-42,94H2,1-12H3,(H,99,105)(H,100,106)(H,103,128)(H,104,135)(H,107,129)(H,108,130)(H,109,138)(H,110,146)(H,111,132)(H,112,144)(H,113,131)(H,114,134)(H,115,136)(H,116,140)(H,117,145)(H,118,133)(H,119,139)(H,120,143)(H,121,142)(H,122,141)(H,123,137)(H,147,148)(H4,95,96,101)(H4,97,98,102)/t47-,48-,49-,50-,51-,52+,58-,59-,60-,61-,62-,63-,64-,65-,66-,67-,68-,71-,72-,73-/m0/s1. The number of H-pyrrole nitrogens is 2. The lowest BCUT2D eigenvalue weighted by Gasteiger charge is -2.30. The number of aliphatic hydroxyl groups excluding tert-OH is 3. The fourth-order valence-corrected chi connectivity index (χ4v) is 15.0. The van der Waals surface area contributed by atoms with Gasteiger partial charge in [0.25, 0.3) is 0 Å². The Bertz CT molecular complexity index is 5170. The number of nitrogens with two attached hydrogens (primary N) is 3. The molecule has 19 amide bonds. The minimum Gasteiger partial charge on any atom is -0.508 e. The summed E-state index contributed by atoms with van der Waals surface area (Å²) in [5, 5.41) is 118. The highest BCUT2D eigenvalue weighted by Gasteiger charge is 2.41. The third-order valence-electron chi connectivity index (χ3n) is 23.1. The lowest BCUT2D eigenvalue weighted by molar-refractivity contribution is -0.142. The maximum absolute atomic E-state index is 14.9. The lowest BCUT2D eigenvalue weighted by Crippen LogP contribution is -2.62. The molecule has 2 heterocycles. The maximum atomic E-state index is 14.9. The van der Waals surface area contributed by atoms with Crippen molar-refractivity contribution < 1.29 is 121 Å². The normalized spacial score (nSPS) is 15.1. The van der Waals surface area contributed by atoms with Crippen molar-refractivity contribution in [3.05, 3.63) is 102 Å². The summed E-state index contributed by atoms with van der Waals surface area (Å²) in [5.74, 6) is -22.6. The number of aliphatic carboxylic acids is 1.